The molecule has 7 nitrogen and oxygen atoms in total. The van der Waals surface area contributed by atoms with Gasteiger partial charge in [-0.1, -0.05) is 12.1 Å². The zero-order valence-electron chi connectivity index (χ0n) is 19.8. The highest BCUT2D eigenvalue weighted by atomic mass is 16.5. The minimum absolute atomic E-state index is 0.0229. The molecule has 35 heavy (non-hydrogen) atoms. The second kappa shape index (κ2) is 9.07. The quantitative estimate of drug-likeness (QED) is 0.482. The van der Waals surface area contributed by atoms with Crippen molar-refractivity contribution in [2.24, 2.45) is 0 Å². The number of nitrogens with one attached hydrogen (secondary N) is 1. The normalized spacial score (nSPS) is 16.0. The molecular formula is C28H28N4O3. The van der Waals surface area contributed by atoms with Gasteiger partial charge in [0.15, 0.2) is 0 Å². The lowest BCUT2D eigenvalue weighted by Gasteiger charge is -2.29. The number of anilines is 1. The van der Waals surface area contributed by atoms with Crippen molar-refractivity contribution in [3.63, 3.8) is 0 Å². The Kier molecular flexibility index (Phi) is 5.62. The summed E-state index contributed by atoms with van der Waals surface area (Å²) < 4.78 is 11.4. The van der Waals surface area contributed by atoms with Crippen LogP contribution in [0.25, 0.3) is 22.2 Å². The summed E-state index contributed by atoms with van der Waals surface area (Å²) in [6, 6.07) is 20.4. The molecule has 1 amide bonds. The highest BCUT2D eigenvalue weighted by Gasteiger charge is 2.22. The van der Waals surface area contributed by atoms with E-state index in [-0.39, 0.29) is 5.91 Å². The van der Waals surface area contributed by atoms with E-state index in [1.54, 1.807) is 0 Å². The third-order valence-electron chi connectivity index (χ3n) is 6.75. The first kappa shape index (κ1) is 21.7. The molecule has 1 aromatic heterocycles. The predicted octanol–water partition coefficient (Wildman–Crippen LogP) is 4.41. The summed E-state index contributed by atoms with van der Waals surface area (Å²) in [4.78, 5) is 25.3. The van der Waals surface area contributed by atoms with Crippen LogP contribution >= 0.6 is 0 Å². The summed E-state index contributed by atoms with van der Waals surface area (Å²) in [6.45, 7) is 6.73. The predicted molar refractivity (Wildman–Crippen MR) is 136 cm³/mol. The van der Waals surface area contributed by atoms with Crippen LogP contribution in [0.4, 0.5) is 5.69 Å². The first-order valence-electron chi connectivity index (χ1n) is 12.1. The number of ether oxygens (including phenoxy) is 2. The van der Waals surface area contributed by atoms with E-state index >= 15 is 0 Å². The average Bonchev–Trinajstić information content (AvgIpc) is 3.14. The number of amides is 1. The Hall–Kier alpha value is -3.84. The fraction of sp³-hybridized carbons (Fsp3) is 0.286. The Labute approximate surface area is 204 Å². The lowest BCUT2D eigenvalue weighted by Crippen LogP contribution is -2.36. The Morgan fingerprint density at radius 1 is 0.914 bits per heavy atom. The van der Waals surface area contributed by atoms with Crippen LogP contribution in [0.5, 0.6) is 5.75 Å². The molecule has 0 atom stereocenters. The second-order valence-corrected chi connectivity index (χ2v) is 9.10. The lowest BCUT2D eigenvalue weighted by atomic mass is 10.0. The molecule has 3 heterocycles. The zero-order valence-corrected chi connectivity index (χ0v) is 19.8. The fourth-order valence-electron chi connectivity index (χ4n) is 4.88. The van der Waals surface area contributed by atoms with Crippen molar-refractivity contribution in [3.05, 3.63) is 77.6 Å². The second-order valence-electron chi connectivity index (χ2n) is 9.10. The molecule has 4 aromatic rings. The third-order valence-corrected chi connectivity index (χ3v) is 6.75. The molecule has 0 saturated carbocycles. The van der Waals surface area contributed by atoms with Crippen LogP contribution < -0.4 is 9.64 Å². The number of morpholine rings is 1. The van der Waals surface area contributed by atoms with E-state index in [9.17, 15) is 4.79 Å². The number of benzene rings is 3. The topological polar surface area (TPSA) is 70.7 Å². The van der Waals surface area contributed by atoms with E-state index in [0.29, 0.717) is 25.3 Å². The SMILES string of the molecule is Cc1nc2ccc(-c3ccc4c(c3)CN(C(=O)c3ccc(N5CCOCC5)cc3)CCO4)cc2[nH]1. The Morgan fingerprint density at radius 3 is 2.51 bits per heavy atom. The Balaban J connectivity index is 1.23. The van der Waals surface area contributed by atoms with Crippen LogP contribution in [-0.2, 0) is 11.3 Å². The number of hydrogen-bond acceptors (Lipinski definition) is 5. The fourth-order valence-corrected chi connectivity index (χ4v) is 4.88. The number of fused-ring (bicyclic) bond motifs is 2. The van der Waals surface area contributed by atoms with Gasteiger partial charge < -0.3 is 24.3 Å². The van der Waals surface area contributed by atoms with Crippen molar-refractivity contribution < 1.29 is 14.3 Å². The summed E-state index contributed by atoms with van der Waals surface area (Å²) in [6.07, 6.45) is 0. The maximum Gasteiger partial charge on any atom is 0.254 e. The smallest absolute Gasteiger partial charge is 0.254 e. The van der Waals surface area contributed by atoms with Gasteiger partial charge in [0, 0.05) is 36.4 Å². The lowest BCUT2D eigenvalue weighted by molar-refractivity contribution is 0.0733. The Morgan fingerprint density at radius 2 is 1.69 bits per heavy atom. The Bertz CT molecular complexity index is 1370. The number of H-pyrrole nitrogens is 1. The van der Waals surface area contributed by atoms with E-state index < -0.39 is 0 Å². The molecule has 7 heteroatoms. The molecular weight excluding hydrogens is 440 g/mol. The van der Waals surface area contributed by atoms with Gasteiger partial charge in [-0.2, -0.15) is 0 Å². The number of nitrogens with zero attached hydrogens (tertiary/aromatic N) is 3. The molecule has 0 radical (unpaired) electrons. The molecule has 6 rings (SSSR count). The van der Waals surface area contributed by atoms with Crippen LogP contribution in [-0.4, -0.2) is 60.2 Å². The standard InChI is InChI=1S/C28H28N4O3/c1-19-29-25-8-4-22(17-26(25)30-19)21-5-9-27-23(16-21)18-32(12-15-35-27)28(33)20-2-6-24(7-3-20)31-10-13-34-14-11-31/h2-9,16-17H,10-15,18H2,1H3,(H,29,30). The van der Waals surface area contributed by atoms with Gasteiger partial charge in [0.25, 0.3) is 5.91 Å². The maximum atomic E-state index is 13.4. The molecule has 2 aliphatic heterocycles. The third kappa shape index (κ3) is 4.35. The van der Waals surface area contributed by atoms with E-state index in [0.717, 1.165) is 71.3 Å². The van der Waals surface area contributed by atoms with Crippen molar-refractivity contribution in [1.29, 1.82) is 0 Å². The van der Waals surface area contributed by atoms with E-state index in [1.807, 2.05) is 48.2 Å². The average molecular weight is 469 g/mol. The largest absolute Gasteiger partial charge is 0.491 e. The molecule has 1 saturated heterocycles. The van der Waals surface area contributed by atoms with Gasteiger partial charge in [-0.3, -0.25) is 4.79 Å². The van der Waals surface area contributed by atoms with Crippen LogP contribution in [0.3, 0.4) is 0 Å². The molecule has 2 aliphatic rings. The molecule has 0 bridgehead atoms. The van der Waals surface area contributed by atoms with E-state index in [2.05, 4.69) is 39.1 Å². The zero-order chi connectivity index (χ0) is 23.8. The van der Waals surface area contributed by atoms with Gasteiger partial charge >= 0.3 is 0 Å². The molecule has 1 N–H and O–H groups in total. The monoisotopic (exact) mass is 468 g/mol. The van der Waals surface area contributed by atoms with Gasteiger partial charge in [0.2, 0.25) is 0 Å². The van der Waals surface area contributed by atoms with Crippen LogP contribution in [0, 0.1) is 6.92 Å². The molecule has 178 valence electrons. The molecule has 1 fully saturated rings. The highest BCUT2D eigenvalue weighted by molar-refractivity contribution is 5.94. The van der Waals surface area contributed by atoms with Gasteiger partial charge in [0.05, 0.1) is 30.8 Å². The highest BCUT2D eigenvalue weighted by Crippen LogP contribution is 2.31. The van der Waals surface area contributed by atoms with Crippen LogP contribution in [0.1, 0.15) is 21.7 Å². The van der Waals surface area contributed by atoms with Crippen molar-refractivity contribution in [2.75, 3.05) is 44.4 Å². The van der Waals surface area contributed by atoms with Crippen LogP contribution in [0.15, 0.2) is 60.7 Å². The summed E-state index contributed by atoms with van der Waals surface area (Å²) in [5.41, 5.74) is 7.00. The summed E-state index contributed by atoms with van der Waals surface area (Å²) in [5.74, 6) is 1.76. The number of imidazole rings is 1. The molecule has 3 aromatic carbocycles. The van der Waals surface area contributed by atoms with Crippen molar-refractivity contribution in [3.8, 4) is 16.9 Å². The molecule has 0 aliphatic carbocycles. The summed E-state index contributed by atoms with van der Waals surface area (Å²) >= 11 is 0. The van der Waals surface area contributed by atoms with E-state index in [4.69, 9.17) is 9.47 Å². The summed E-state index contributed by atoms with van der Waals surface area (Å²) in [7, 11) is 0. The summed E-state index contributed by atoms with van der Waals surface area (Å²) in [5, 5.41) is 0. The number of carbonyl (C=O) groups is 1. The number of carbonyl (C=O) groups excluding carboxylic acids is 1. The maximum absolute atomic E-state index is 13.4. The van der Waals surface area contributed by atoms with Gasteiger partial charge in [-0.05, 0) is 66.6 Å². The first-order valence-corrected chi connectivity index (χ1v) is 12.1. The van der Waals surface area contributed by atoms with Crippen molar-refractivity contribution in [1.82, 2.24) is 14.9 Å². The number of aromatic amines is 1. The van der Waals surface area contributed by atoms with Crippen molar-refractivity contribution in [2.45, 2.75) is 13.5 Å². The molecule has 0 spiro atoms. The minimum atomic E-state index is 0.0229. The number of aromatic nitrogens is 2. The van der Waals surface area contributed by atoms with E-state index in [1.165, 1.54) is 0 Å². The van der Waals surface area contributed by atoms with Crippen LogP contribution in [0.2, 0.25) is 0 Å². The van der Waals surface area contributed by atoms with Gasteiger partial charge in [-0.15, -0.1) is 0 Å². The van der Waals surface area contributed by atoms with Gasteiger partial charge in [-0.25, -0.2) is 4.98 Å². The number of aryl methyl sites for hydroxylation is 1. The van der Waals surface area contributed by atoms with Gasteiger partial charge in [0.1, 0.15) is 18.2 Å². The minimum Gasteiger partial charge on any atom is -0.491 e. The van der Waals surface area contributed by atoms with Crippen molar-refractivity contribution >= 4 is 22.6 Å². The number of hydrogen-bond donors (Lipinski definition) is 1. The number of rotatable bonds is 3. The molecule has 0 unspecified atom stereocenters. The first-order chi connectivity index (χ1) is 17.1.